The van der Waals surface area contributed by atoms with E-state index in [-0.39, 0.29) is 27.1 Å². The van der Waals surface area contributed by atoms with Gasteiger partial charge in [-0.15, -0.1) is 0 Å². The van der Waals surface area contributed by atoms with Crippen LogP contribution in [0.4, 0.5) is 0 Å². The highest BCUT2D eigenvalue weighted by Crippen LogP contribution is 2.30. The number of halogens is 1. The van der Waals surface area contributed by atoms with Gasteiger partial charge in [-0.1, -0.05) is 5.16 Å². The molecule has 0 radical (unpaired) electrons. The number of hydrogen-bond donors (Lipinski definition) is 3. The molecule has 1 rings (SSSR count). The van der Waals surface area contributed by atoms with E-state index in [1.165, 1.54) is 19.1 Å². The fourth-order valence-electron chi connectivity index (χ4n) is 1.05. The van der Waals surface area contributed by atoms with Crippen molar-refractivity contribution < 1.29 is 20.2 Å². The highest BCUT2D eigenvalue weighted by molar-refractivity contribution is 9.10. The molecule has 0 bridgehead atoms. The first-order chi connectivity index (χ1) is 6.97. The number of carbonyl (C=O) groups is 1. The molecule has 0 unspecified atom stereocenters. The SMILES string of the molecule is C/C(=N\O)c1cc(C(=O)O)cc(Br)c1O. The summed E-state index contributed by atoms with van der Waals surface area (Å²) >= 11 is 3.01. The first-order valence-corrected chi connectivity index (χ1v) is 4.71. The molecule has 0 aliphatic rings. The zero-order chi connectivity index (χ0) is 11.6. The summed E-state index contributed by atoms with van der Waals surface area (Å²) in [5.74, 6) is -1.28. The minimum absolute atomic E-state index is 0.00215. The third-order valence-corrected chi connectivity index (χ3v) is 2.45. The van der Waals surface area contributed by atoms with Crippen molar-refractivity contribution in [3.05, 3.63) is 27.7 Å². The Balaban J connectivity index is 3.44. The van der Waals surface area contributed by atoms with Gasteiger partial charge >= 0.3 is 5.97 Å². The van der Waals surface area contributed by atoms with E-state index in [0.29, 0.717) is 0 Å². The molecule has 0 saturated heterocycles. The number of nitrogens with zero attached hydrogens (tertiary/aromatic N) is 1. The van der Waals surface area contributed by atoms with Crippen molar-refractivity contribution in [2.75, 3.05) is 0 Å². The van der Waals surface area contributed by atoms with Crippen molar-refractivity contribution in [3.63, 3.8) is 0 Å². The van der Waals surface area contributed by atoms with Crippen LogP contribution in [0.5, 0.6) is 5.75 Å². The Morgan fingerprint density at radius 2 is 2.07 bits per heavy atom. The topological polar surface area (TPSA) is 90.1 Å². The molecule has 80 valence electrons. The van der Waals surface area contributed by atoms with Gasteiger partial charge in [0.05, 0.1) is 15.7 Å². The number of phenolic OH excluding ortho intramolecular Hbond substituents is 1. The molecule has 0 fully saturated rings. The highest BCUT2D eigenvalue weighted by Gasteiger charge is 2.14. The van der Waals surface area contributed by atoms with Crippen molar-refractivity contribution in [1.82, 2.24) is 0 Å². The standard InChI is InChI=1S/C9H8BrNO4/c1-4(11-15)6-2-5(9(13)14)3-7(10)8(6)12/h2-3,12,15H,1H3,(H,13,14)/b11-4+. The minimum Gasteiger partial charge on any atom is -0.506 e. The Hall–Kier alpha value is -1.56. The van der Waals surface area contributed by atoms with Crippen LogP contribution >= 0.6 is 15.9 Å². The molecule has 0 heterocycles. The second kappa shape index (κ2) is 4.31. The molecular weight excluding hydrogens is 266 g/mol. The summed E-state index contributed by atoms with van der Waals surface area (Å²) < 4.78 is 0.236. The van der Waals surface area contributed by atoms with Gasteiger partial charge < -0.3 is 15.4 Å². The molecule has 6 heteroatoms. The second-order valence-corrected chi connectivity index (χ2v) is 3.70. The molecule has 1 aromatic rings. The van der Waals surface area contributed by atoms with Gasteiger partial charge in [0, 0.05) is 5.56 Å². The normalized spacial score (nSPS) is 11.5. The summed E-state index contributed by atoms with van der Waals surface area (Å²) in [5.41, 5.74) is 0.304. The third-order valence-electron chi connectivity index (χ3n) is 1.85. The summed E-state index contributed by atoms with van der Waals surface area (Å²) in [6.07, 6.45) is 0. The number of hydrogen-bond acceptors (Lipinski definition) is 4. The van der Waals surface area contributed by atoms with E-state index >= 15 is 0 Å². The maximum Gasteiger partial charge on any atom is 0.335 e. The van der Waals surface area contributed by atoms with E-state index in [9.17, 15) is 9.90 Å². The van der Waals surface area contributed by atoms with Crippen molar-refractivity contribution >= 4 is 27.6 Å². The van der Waals surface area contributed by atoms with Crippen molar-refractivity contribution in [2.24, 2.45) is 5.16 Å². The molecule has 5 nitrogen and oxygen atoms in total. The van der Waals surface area contributed by atoms with Crippen molar-refractivity contribution in [2.45, 2.75) is 6.92 Å². The number of aromatic hydroxyl groups is 1. The molecule has 1 aromatic carbocycles. The monoisotopic (exact) mass is 273 g/mol. The summed E-state index contributed by atoms with van der Waals surface area (Å²) in [6, 6.07) is 2.50. The summed E-state index contributed by atoms with van der Waals surface area (Å²) in [6.45, 7) is 1.45. The average Bonchev–Trinajstić information content (AvgIpc) is 2.20. The summed E-state index contributed by atoms with van der Waals surface area (Å²) in [4.78, 5) is 10.7. The Morgan fingerprint density at radius 3 is 2.53 bits per heavy atom. The average molecular weight is 274 g/mol. The highest BCUT2D eigenvalue weighted by atomic mass is 79.9. The Kier molecular flexibility index (Phi) is 3.31. The molecule has 15 heavy (non-hydrogen) atoms. The van der Waals surface area contributed by atoms with Crippen molar-refractivity contribution in [3.8, 4) is 5.75 Å². The van der Waals surface area contributed by atoms with E-state index < -0.39 is 5.97 Å². The second-order valence-electron chi connectivity index (χ2n) is 2.84. The van der Waals surface area contributed by atoms with E-state index in [0.717, 1.165) is 0 Å². The molecule has 0 aromatic heterocycles. The number of oxime groups is 1. The van der Waals surface area contributed by atoms with Crippen LogP contribution in [0.25, 0.3) is 0 Å². The van der Waals surface area contributed by atoms with Gasteiger partial charge in [0.2, 0.25) is 0 Å². The third kappa shape index (κ3) is 2.27. The minimum atomic E-state index is -1.12. The Morgan fingerprint density at radius 1 is 1.47 bits per heavy atom. The smallest absolute Gasteiger partial charge is 0.335 e. The quantitative estimate of drug-likeness (QED) is 0.437. The van der Waals surface area contributed by atoms with Gasteiger partial charge in [-0.25, -0.2) is 4.79 Å². The largest absolute Gasteiger partial charge is 0.506 e. The number of rotatable bonds is 2. The Bertz CT molecular complexity index is 442. The molecule has 0 saturated carbocycles. The molecular formula is C9H8BrNO4. The fourth-order valence-corrected chi connectivity index (χ4v) is 1.51. The first-order valence-electron chi connectivity index (χ1n) is 3.92. The van der Waals surface area contributed by atoms with E-state index in [4.69, 9.17) is 10.3 Å². The van der Waals surface area contributed by atoms with Gasteiger partial charge in [0.25, 0.3) is 0 Å². The van der Waals surface area contributed by atoms with Crippen LogP contribution in [-0.4, -0.2) is 27.1 Å². The maximum absolute atomic E-state index is 10.7. The molecule has 0 amide bonds. The van der Waals surface area contributed by atoms with Crippen molar-refractivity contribution in [1.29, 1.82) is 0 Å². The fraction of sp³-hybridized carbons (Fsp3) is 0.111. The summed E-state index contributed by atoms with van der Waals surface area (Å²) in [5, 5.41) is 29.8. The molecule has 3 N–H and O–H groups in total. The van der Waals surface area contributed by atoms with E-state index in [1.807, 2.05) is 0 Å². The van der Waals surface area contributed by atoms with Gasteiger partial charge in [-0.05, 0) is 35.0 Å². The lowest BCUT2D eigenvalue weighted by Crippen LogP contribution is -2.02. The summed E-state index contributed by atoms with van der Waals surface area (Å²) in [7, 11) is 0. The number of carboxylic acids is 1. The molecule has 0 aliphatic carbocycles. The predicted molar refractivity (Wildman–Crippen MR) is 56.8 cm³/mol. The molecule has 0 spiro atoms. The van der Waals surface area contributed by atoms with Crippen LogP contribution in [0.2, 0.25) is 0 Å². The lowest BCUT2D eigenvalue weighted by Gasteiger charge is -2.06. The number of aromatic carboxylic acids is 1. The van der Waals surface area contributed by atoms with Crippen LogP contribution < -0.4 is 0 Å². The Labute approximate surface area is 93.8 Å². The van der Waals surface area contributed by atoms with E-state index in [2.05, 4.69) is 21.1 Å². The number of benzene rings is 1. The first kappa shape index (κ1) is 11.5. The zero-order valence-corrected chi connectivity index (χ0v) is 9.32. The van der Waals surface area contributed by atoms with Crippen LogP contribution in [0, 0.1) is 0 Å². The number of carboxylic acid groups (broad SMARTS) is 1. The van der Waals surface area contributed by atoms with Crippen LogP contribution in [-0.2, 0) is 0 Å². The zero-order valence-electron chi connectivity index (χ0n) is 7.73. The van der Waals surface area contributed by atoms with E-state index in [1.54, 1.807) is 0 Å². The van der Waals surface area contributed by atoms with Gasteiger partial charge in [-0.2, -0.15) is 0 Å². The van der Waals surface area contributed by atoms with Crippen LogP contribution in [0.15, 0.2) is 21.8 Å². The molecule has 0 atom stereocenters. The van der Waals surface area contributed by atoms with Crippen LogP contribution in [0.3, 0.4) is 0 Å². The lowest BCUT2D eigenvalue weighted by atomic mass is 10.1. The molecule has 0 aliphatic heterocycles. The van der Waals surface area contributed by atoms with Gasteiger partial charge in [-0.3, -0.25) is 0 Å². The maximum atomic E-state index is 10.7. The van der Waals surface area contributed by atoms with Gasteiger partial charge in [0.15, 0.2) is 0 Å². The predicted octanol–water partition coefficient (Wildman–Crippen LogP) is 2.05. The lowest BCUT2D eigenvalue weighted by molar-refractivity contribution is 0.0697. The number of phenols is 1. The van der Waals surface area contributed by atoms with Gasteiger partial charge in [0.1, 0.15) is 5.75 Å². The van der Waals surface area contributed by atoms with Crippen LogP contribution in [0.1, 0.15) is 22.8 Å².